The van der Waals surface area contributed by atoms with Crippen LogP contribution in [0.3, 0.4) is 0 Å². The van der Waals surface area contributed by atoms with E-state index in [4.69, 9.17) is 0 Å². The first-order valence-corrected chi connectivity index (χ1v) is 19.5. The van der Waals surface area contributed by atoms with Gasteiger partial charge in [-0.05, 0) is 44.9 Å². The summed E-state index contributed by atoms with van der Waals surface area (Å²) in [5.74, 6) is -0.0452. The molecule has 0 unspecified atom stereocenters. The molecule has 2 atom stereocenters. The maximum atomic E-state index is 12.3. The molecule has 0 aromatic carbocycles. The summed E-state index contributed by atoms with van der Waals surface area (Å²) < 4.78 is 0. The number of carbonyl (C=O) groups is 1. The molecule has 3 N–H and O–H groups in total. The van der Waals surface area contributed by atoms with Gasteiger partial charge in [-0.25, -0.2) is 0 Å². The molecule has 1 amide bonds. The van der Waals surface area contributed by atoms with E-state index in [1.807, 2.05) is 0 Å². The predicted molar refractivity (Wildman–Crippen MR) is 193 cm³/mol. The Hall–Kier alpha value is -1.13. The number of carbonyl (C=O) groups excluding carboxylic acids is 1. The number of aliphatic hydroxyl groups excluding tert-OH is 2. The fourth-order valence-electron chi connectivity index (χ4n) is 5.92. The molecule has 0 saturated heterocycles. The molecular weight excluding hydrogens is 542 g/mol. The van der Waals surface area contributed by atoms with Crippen molar-refractivity contribution in [2.45, 2.75) is 219 Å². The first-order valence-electron chi connectivity index (χ1n) is 19.5. The lowest BCUT2D eigenvalue weighted by molar-refractivity contribution is -0.123. The van der Waals surface area contributed by atoms with E-state index >= 15 is 0 Å². The Balaban J connectivity index is 3.56. The third kappa shape index (κ3) is 32.3. The summed E-state index contributed by atoms with van der Waals surface area (Å²) in [7, 11) is 0. The van der Waals surface area contributed by atoms with E-state index in [1.165, 1.54) is 135 Å². The van der Waals surface area contributed by atoms with Crippen molar-refractivity contribution in [1.82, 2.24) is 5.32 Å². The van der Waals surface area contributed by atoms with E-state index in [0.29, 0.717) is 12.8 Å². The van der Waals surface area contributed by atoms with E-state index in [1.54, 1.807) is 0 Å². The molecule has 0 aliphatic carbocycles. The molecule has 0 saturated carbocycles. The monoisotopic (exact) mass is 620 g/mol. The highest BCUT2D eigenvalue weighted by Gasteiger charge is 2.19. The van der Waals surface area contributed by atoms with Crippen molar-refractivity contribution in [2.24, 2.45) is 0 Å². The molecule has 0 heterocycles. The SMILES string of the molecule is CCCCC/C=C/C/C=C/CCCCCCCC(=O)N[C@@H](CO)[C@H](O)CCCCCCCCCCCCCCCCCCC. The first kappa shape index (κ1) is 42.9. The lowest BCUT2D eigenvalue weighted by atomic mass is 10.0. The zero-order valence-corrected chi connectivity index (χ0v) is 29.7. The van der Waals surface area contributed by atoms with Gasteiger partial charge in [0.2, 0.25) is 5.91 Å². The second-order valence-electron chi connectivity index (χ2n) is 13.4. The van der Waals surface area contributed by atoms with Crippen LogP contribution in [-0.4, -0.2) is 34.9 Å². The minimum atomic E-state index is -0.662. The smallest absolute Gasteiger partial charge is 0.220 e. The number of unbranched alkanes of at least 4 members (excludes halogenated alkanes) is 24. The zero-order chi connectivity index (χ0) is 32.2. The fourth-order valence-corrected chi connectivity index (χ4v) is 5.92. The van der Waals surface area contributed by atoms with E-state index in [9.17, 15) is 15.0 Å². The number of allylic oxidation sites excluding steroid dienone is 4. The average molecular weight is 620 g/mol. The predicted octanol–water partition coefficient (Wildman–Crippen LogP) is 11.7. The third-order valence-corrected chi connectivity index (χ3v) is 8.97. The summed E-state index contributed by atoms with van der Waals surface area (Å²) >= 11 is 0. The van der Waals surface area contributed by atoms with Gasteiger partial charge in [0.25, 0.3) is 0 Å². The van der Waals surface area contributed by atoms with Gasteiger partial charge in [0.15, 0.2) is 0 Å². The summed E-state index contributed by atoms with van der Waals surface area (Å²) in [6, 6.07) is -0.540. The van der Waals surface area contributed by atoms with Crippen molar-refractivity contribution in [2.75, 3.05) is 6.61 Å². The normalized spacial score (nSPS) is 13.3. The first-order chi connectivity index (χ1) is 21.7. The largest absolute Gasteiger partial charge is 0.394 e. The standard InChI is InChI=1S/C40H77NO3/c1-3-5-7-9-11-13-15-17-19-20-22-23-25-27-29-31-33-35-39(43)38(37-42)41-40(44)36-34-32-30-28-26-24-21-18-16-14-12-10-8-6-4-2/h12,14,18,21,38-39,42-43H,3-11,13,15-17,19-20,22-37H2,1-2H3,(H,41,44)/b14-12+,21-18+/t38-,39+/m0/s1. The highest BCUT2D eigenvalue weighted by Crippen LogP contribution is 2.15. The number of hydrogen-bond acceptors (Lipinski definition) is 3. The molecule has 0 aromatic rings. The third-order valence-electron chi connectivity index (χ3n) is 8.97. The molecule has 0 aliphatic rings. The lowest BCUT2D eigenvalue weighted by Crippen LogP contribution is -2.45. The van der Waals surface area contributed by atoms with E-state index in [0.717, 1.165) is 44.9 Å². The van der Waals surface area contributed by atoms with Crippen molar-refractivity contribution < 1.29 is 15.0 Å². The van der Waals surface area contributed by atoms with Gasteiger partial charge in [-0.15, -0.1) is 0 Å². The molecular formula is C40H77NO3. The van der Waals surface area contributed by atoms with Crippen LogP contribution < -0.4 is 5.32 Å². The fraction of sp³-hybridized carbons (Fsp3) is 0.875. The zero-order valence-electron chi connectivity index (χ0n) is 29.7. The van der Waals surface area contributed by atoms with Gasteiger partial charge < -0.3 is 15.5 Å². The van der Waals surface area contributed by atoms with E-state index in [-0.39, 0.29) is 12.5 Å². The van der Waals surface area contributed by atoms with Crippen LogP contribution in [-0.2, 0) is 4.79 Å². The van der Waals surface area contributed by atoms with Gasteiger partial charge in [-0.3, -0.25) is 4.79 Å². The van der Waals surface area contributed by atoms with Crippen molar-refractivity contribution >= 4 is 5.91 Å². The van der Waals surface area contributed by atoms with E-state index in [2.05, 4.69) is 43.5 Å². The van der Waals surface area contributed by atoms with Crippen LogP contribution >= 0.6 is 0 Å². The van der Waals surface area contributed by atoms with Crippen LogP contribution in [0.25, 0.3) is 0 Å². The summed E-state index contributed by atoms with van der Waals surface area (Å²) in [5.41, 5.74) is 0. The molecule has 0 rings (SSSR count). The van der Waals surface area contributed by atoms with Gasteiger partial charge in [0.1, 0.15) is 0 Å². The molecule has 4 nitrogen and oxygen atoms in total. The number of amides is 1. The number of nitrogens with one attached hydrogen (secondary N) is 1. The van der Waals surface area contributed by atoms with Gasteiger partial charge >= 0.3 is 0 Å². The molecule has 260 valence electrons. The average Bonchev–Trinajstić information content (AvgIpc) is 3.03. The van der Waals surface area contributed by atoms with Crippen LogP contribution in [0.5, 0.6) is 0 Å². The second kappa shape index (κ2) is 36.3. The second-order valence-corrected chi connectivity index (χ2v) is 13.4. The number of hydrogen-bond donors (Lipinski definition) is 3. The minimum Gasteiger partial charge on any atom is -0.394 e. The van der Waals surface area contributed by atoms with Crippen LogP contribution in [0, 0.1) is 0 Å². The Bertz CT molecular complexity index is 632. The van der Waals surface area contributed by atoms with Gasteiger partial charge in [0.05, 0.1) is 18.8 Å². The maximum Gasteiger partial charge on any atom is 0.220 e. The Morgan fingerprint density at radius 2 is 0.932 bits per heavy atom. The molecule has 0 aromatic heterocycles. The van der Waals surface area contributed by atoms with Gasteiger partial charge in [-0.1, -0.05) is 179 Å². The van der Waals surface area contributed by atoms with Gasteiger partial charge in [-0.2, -0.15) is 0 Å². The van der Waals surface area contributed by atoms with Gasteiger partial charge in [0, 0.05) is 6.42 Å². The Morgan fingerprint density at radius 1 is 0.545 bits per heavy atom. The summed E-state index contributed by atoms with van der Waals surface area (Å²) in [5, 5.41) is 23.1. The molecule has 0 aliphatic heterocycles. The van der Waals surface area contributed by atoms with Crippen LogP contribution in [0.15, 0.2) is 24.3 Å². The van der Waals surface area contributed by atoms with Crippen molar-refractivity contribution in [3.05, 3.63) is 24.3 Å². The van der Waals surface area contributed by atoms with Crippen LogP contribution in [0.1, 0.15) is 206 Å². The van der Waals surface area contributed by atoms with Crippen LogP contribution in [0.2, 0.25) is 0 Å². The number of rotatable bonds is 35. The topological polar surface area (TPSA) is 69.6 Å². The molecule has 0 fully saturated rings. The Morgan fingerprint density at radius 3 is 1.41 bits per heavy atom. The lowest BCUT2D eigenvalue weighted by Gasteiger charge is -2.22. The quantitative estimate of drug-likeness (QED) is 0.0488. The molecule has 0 bridgehead atoms. The Kier molecular flexibility index (Phi) is 35.4. The van der Waals surface area contributed by atoms with Crippen molar-refractivity contribution in [1.29, 1.82) is 0 Å². The number of aliphatic hydroxyl groups is 2. The maximum absolute atomic E-state index is 12.3. The summed E-state index contributed by atoms with van der Waals surface area (Å²) in [6.45, 7) is 4.32. The summed E-state index contributed by atoms with van der Waals surface area (Å²) in [4.78, 5) is 12.3. The highest BCUT2D eigenvalue weighted by molar-refractivity contribution is 5.76. The van der Waals surface area contributed by atoms with E-state index < -0.39 is 12.1 Å². The Labute approximate surface area is 275 Å². The van der Waals surface area contributed by atoms with Crippen molar-refractivity contribution in [3.8, 4) is 0 Å². The minimum absolute atomic E-state index is 0.0452. The molecule has 4 heteroatoms. The summed E-state index contributed by atoms with van der Waals surface area (Å²) in [6.07, 6.45) is 45.2. The molecule has 0 radical (unpaired) electrons. The highest BCUT2D eigenvalue weighted by atomic mass is 16.3. The van der Waals surface area contributed by atoms with Crippen LogP contribution in [0.4, 0.5) is 0 Å². The molecule has 0 spiro atoms. The molecule has 44 heavy (non-hydrogen) atoms. The van der Waals surface area contributed by atoms with Crippen molar-refractivity contribution in [3.63, 3.8) is 0 Å².